The van der Waals surface area contributed by atoms with Crippen LogP contribution < -0.4 is 15.8 Å². The molecule has 4 N–H and O–H groups in total. The molecule has 0 aromatic heterocycles. The molecule has 0 heterocycles. The lowest BCUT2D eigenvalue weighted by Crippen LogP contribution is -2.20. The maximum Gasteiger partial charge on any atom is 0.416 e. The van der Waals surface area contributed by atoms with Crippen molar-refractivity contribution in [3.8, 4) is 0 Å². The minimum absolute atomic E-state index is 0.134. The summed E-state index contributed by atoms with van der Waals surface area (Å²) >= 11 is 0. The van der Waals surface area contributed by atoms with Gasteiger partial charge in [-0.15, -0.1) is 0 Å². The van der Waals surface area contributed by atoms with Crippen LogP contribution in [0, 0.1) is 0 Å². The van der Waals surface area contributed by atoms with Gasteiger partial charge in [-0.25, -0.2) is 13.2 Å². The Labute approximate surface area is 135 Å². The summed E-state index contributed by atoms with van der Waals surface area (Å²) in [5.41, 5.74) is 3.86. The van der Waals surface area contributed by atoms with Crippen LogP contribution in [0.1, 0.15) is 5.56 Å². The van der Waals surface area contributed by atoms with Gasteiger partial charge in [-0.3, -0.25) is 4.72 Å². The molecule has 2 rings (SSSR count). The molecule has 0 unspecified atom stereocenters. The van der Waals surface area contributed by atoms with E-state index in [9.17, 15) is 26.4 Å². The third-order valence-corrected chi connectivity index (χ3v) is 4.23. The number of nitrogens with two attached hydrogens (primary N) is 1. The van der Waals surface area contributed by atoms with Crippen LogP contribution in [-0.2, 0) is 16.2 Å². The minimum Gasteiger partial charge on any atom is -0.351 e. The highest BCUT2D eigenvalue weighted by atomic mass is 32.2. The first-order valence-electron chi connectivity index (χ1n) is 6.44. The summed E-state index contributed by atoms with van der Waals surface area (Å²) in [6.07, 6.45) is -4.59. The van der Waals surface area contributed by atoms with E-state index in [0.29, 0.717) is 6.07 Å². The van der Waals surface area contributed by atoms with Crippen molar-refractivity contribution >= 4 is 27.4 Å². The van der Waals surface area contributed by atoms with E-state index >= 15 is 0 Å². The molecule has 128 valence electrons. The number of urea groups is 1. The molecule has 0 saturated heterocycles. The summed E-state index contributed by atoms with van der Waals surface area (Å²) in [6.45, 7) is 0. The van der Waals surface area contributed by atoms with Gasteiger partial charge in [0.25, 0.3) is 10.0 Å². The number of carbonyl (C=O) groups is 1. The number of benzene rings is 2. The largest absolute Gasteiger partial charge is 0.416 e. The highest BCUT2D eigenvalue weighted by Gasteiger charge is 2.30. The molecular weight excluding hydrogens is 347 g/mol. The Morgan fingerprint density at radius 1 is 1.00 bits per heavy atom. The van der Waals surface area contributed by atoms with Crippen LogP contribution in [0.15, 0.2) is 53.4 Å². The third-order valence-electron chi connectivity index (χ3n) is 2.85. The number of hydrogen-bond donors (Lipinski definition) is 3. The number of sulfonamides is 1. The van der Waals surface area contributed by atoms with Gasteiger partial charge in [-0.2, -0.15) is 13.2 Å². The van der Waals surface area contributed by atoms with Gasteiger partial charge in [-0.05, 0) is 36.4 Å². The highest BCUT2D eigenvalue weighted by Crippen LogP contribution is 2.31. The van der Waals surface area contributed by atoms with Crippen molar-refractivity contribution in [1.82, 2.24) is 0 Å². The maximum absolute atomic E-state index is 12.7. The average Bonchev–Trinajstić information content (AvgIpc) is 2.46. The monoisotopic (exact) mass is 359 g/mol. The summed E-state index contributed by atoms with van der Waals surface area (Å²) in [7, 11) is -4.14. The number of rotatable bonds is 4. The van der Waals surface area contributed by atoms with Gasteiger partial charge in [-0.1, -0.05) is 12.1 Å². The first kappa shape index (κ1) is 17.6. The molecule has 0 atom stereocenters. The third kappa shape index (κ3) is 4.38. The molecule has 0 saturated carbocycles. The van der Waals surface area contributed by atoms with Crippen molar-refractivity contribution in [2.24, 2.45) is 5.73 Å². The van der Waals surface area contributed by atoms with E-state index in [2.05, 4.69) is 10.0 Å². The van der Waals surface area contributed by atoms with E-state index in [1.165, 1.54) is 24.3 Å². The fourth-order valence-corrected chi connectivity index (χ4v) is 2.95. The van der Waals surface area contributed by atoms with Crippen molar-refractivity contribution in [3.63, 3.8) is 0 Å². The van der Waals surface area contributed by atoms with Crippen molar-refractivity contribution < 1.29 is 26.4 Å². The number of halogens is 3. The Bertz CT molecular complexity index is 867. The van der Waals surface area contributed by atoms with Gasteiger partial charge in [0.05, 0.1) is 10.5 Å². The van der Waals surface area contributed by atoms with Gasteiger partial charge in [0.1, 0.15) is 0 Å². The topological polar surface area (TPSA) is 101 Å². The fourth-order valence-electron chi connectivity index (χ4n) is 1.86. The summed E-state index contributed by atoms with van der Waals surface area (Å²) in [4.78, 5) is 10.5. The molecule has 6 nitrogen and oxygen atoms in total. The maximum atomic E-state index is 12.7. The molecule has 0 bridgehead atoms. The number of primary amides is 1. The number of anilines is 2. The second-order valence-corrected chi connectivity index (χ2v) is 6.38. The van der Waals surface area contributed by atoms with Crippen LogP contribution in [0.3, 0.4) is 0 Å². The fraction of sp³-hybridized carbons (Fsp3) is 0.0714. The zero-order valence-electron chi connectivity index (χ0n) is 12.0. The van der Waals surface area contributed by atoms with Crippen LogP contribution in [0.2, 0.25) is 0 Å². The number of amides is 2. The number of nitrogens with one attached hydrogen (secondary N) is 2. The van der Waals surface area contributed by atoms with Crippen LogP contribution in [0.25, 0.3) is 0 Å². The molecule has 10 heteroatoms. The van der Waals surface area contributed by atoms with E-state index < -0.39 is 27.8 Å². The standard InChI is InChI=1S/C14H12F3N3O3S/c15-14(16,17)9-3-1-5-11(7-9)20-24(22,23)12-6-2-4-10(8-12)19-13(18)21/h1-8,20H,(H3,18,19,21). The molecule has 0 spiro atoms. The van der Waals surface area contributed by atoms with Gasteiger partial charge in [0.15, 0.2) is 0 Å². The number of hydrogen-bond acceptors (Lipinski definition) is 3. The Hall–Kier alpha value is -2.75. The van der Waals surface area contributed by atoms with Crippen molar-refractivity contribution in [2.45, 2.75) is 11.1 Å². The Kier molecular flexibility index (Phi) is 4.69. The van der Waals surface area contributed by atoms with E-state index in [1.807, 2.05) is 0 Å². The van der Waals surface area contributed by atoms with Crippen molar-refractivity contribution in [2.75, 3.05) is 10.0 Å². The molecule has 2 amide bonds. The first-order chi connectivity index (χ1) is 11.1. The van der Waals surface area contributed by atoms with E-state index in [4.69, 9.17) is 5.73 Å². The molecule has 0 radical (unpaired) electrons. The molecule has 0 aliphatic carbocycles. The predicted octanol–water partition coefficient (Wildman–Crippen LogP) is 3.00. The first-order valence-corrected chi connectivity index (χ1v) is 7.93. The van der Waals surface area contributed by atoms with Crippen LogP contribution in [0.4, 0.5) is 29.3 Å². The van der Waals surface area contributed by atoms with Gasteiger partial charge < -0.3 is 11.1 Å². The molecule has 0 aliphatic rings. The quantitative estimate of drug-likeness (QED) is 0.782. The van der Waals surface area contributed by atoms with E-state index in [-0.39, 0.29) is 16.3 Å². The van der Waals surface area contributed by atoms with Crippen LogP contribution in [0.5, 0.6) is 0 Å². The van der Waals surface area contributed by atoms with E-state index in [1.54, 1.807) is 0 Å². The second kappa shape index (κ2) is 6.40. The molecule has 0 aliphatic heterocycles. The average molecular weight is 359 g/mol. The van der Waals surface area contributed by atoms with Gasteiger partial charge in [0.2, 0.25) is 0 Å². The zero-order valence-corrected chi connectivity index (χ0v) is 12.8. The summed E-state index contributed by atoms with van der Waals surface area (Å²) in [5.74, 6) is 0. The molecule has 24 heavy (non-hydrogen) atoms. The Balaban J connectivity index is 2.30. The number of carbonyl (C=O) groups excluding carboxylic acids is 1. The second-order valence-electron chi connectivity index (χ2n) is 4.70. The van der Waals surface area contributed by atoms with E-state index in [0.717, 1.165) is 18.2 Å². The van der Waals surface area contributed by atoms with Gasteiger partial charge in [0, 0.05) is 11.4 Å². The lowest BCUT2D eigenvalue weighted by molar-refractivity contribution is -0.137. The smallest absolute Gasteiger partial charge is 0.351 e. The van der Waals surface area contributed by atoms with Crippen molar-refractivity contribution in [1.29, 1.82) is 0 Å². The van der Waals surface area contributed by atoms with Crippen LogP contribution >= 0.6 is 0 Å². The SMILES string of the molecule is NC(=O)Nc1cccc(S(=O)(=O)Nc2cccc(C(F)(F)F)c2)c1. The Morgan fingerprint density at radius 2 is 1.62 bits per heavy atom. The molecule has 2 aromatic carbocycles. The minimum atomic E-state index is -4.59. The van der Waals surface area contributed by atoms with Gasteiger partial charge >= 0.3 is 12.2 Å². The summed E-state index contributed by atoms with van der Waals surface area (Å²) in [6, 6.07) is 8.03. The predicted molar refractivity (Wildman–Crippen MR) is 81.9 cm³/mol. The van der Waals surface area contributed by atoms with Crippen molar-refractivity contribution in [3.05, 3.63) is 54.1 Å². The van der Waals surface area contributed by atoms with Crippen LogP contribution in [-0.4, -0.2) is 14.4 Å². The molecule has 2 aromatic rings. The summed E-state index contributed by atoms with van der Waals surface area (Å²) < 4.78 is 64.6. The normalized spacial score (nSPS) is 11.8. The Morgan fingerprint density at radius 3 is 2.25 bits per heavy atom. The highest BCUT2D eigenvalue weighted by molar-refractivity contribution is 7.92. The molecule has 0 fully saturated rings. The summed E-state index contributed by atoms with van der Waals surface area (Å²) in [5, 5.41) is 2.21. The zero-order chi connectivity index (χ0) is 18.0. The number of alkyl halides is 3. The lowest BCUT2D eigenvalue weighted by atomic mass is 10.2. The lowest BCUT2D eigenvalue weighted by Gasteiger charge is -2.12. The molecular formula is C14H12F3N3O3S.